The Labute approximate surface area is 158 Å². The molecule has 0 aromatic heterocycles. The summed E-state index contributed by atoms with van der Waals surface area (Å²) in [6.07, 6.45) is 1.47. The minimum Gasteiger partial charge on any atom is -0.273 e. The summed E-state index contributed by atoms with van der Waals surface area (Å²) in [5, 5.41) is 1.53. The van der Waals surface area contributed by atoms with Gasteiger partial charge in [0.05, 0.1) is 6.04 Å². The van der Waals surface area contributed by atoms with E-state index >= 15 is 0 Å². The number of amides is 2. The Kier molecular flexibility index (Phi) is 7.03. The number of benzene rings is 2. The first-order valence-electron chi connectivity index (χ1n) is 8.75. The van der Waals surface area contributed by atoms with E-state index in [-0.39, 0.29) is 29.9 Å². The average Bonchev–Trinajstić information content (AvgIpc) is 2.99. The third-order valence-corrected chi connectivity index (χ3v) is 4.64. The molecule has 2 atom stereocenters. The number of hydrogen-bond donors (Lipinski definition) is 1. The second-order valence-electron chi connectivity index (χ2n) is 6.35. The summed E-state index contributed by atoms with van der Waals surface area (Å²) in [4.78, 5) is 41.1. The summed E-state index contributed by atoms with van der Waals surface area (Å²) in [7, 11) is 0. The van der Waals surface area contributed by atoms with Crippen LogP contribution in [0.3, 0.4) is 0 Å². The van der Waals surface area contributed by atoms with E-state index in [2.05, 4.69) is 29.7 Å². The van der Waals surface area contributed by atoms with Gasteiger partial charge in [0, 0.05) is 17.9 Å². The van der Waals surface area contributed by atoms with E-state index in [9.17, 15) is 9.59 Å². The van der Waals surface area contributed by atoms with Crippen molar-refractivity contribution in [2.45, 2.75) is 38.6 Å². The lowest BCUT2D eigenvalue weighted by molar-refractivity contribution is -0.191. The third kappa shape index (κ3) is 4.90. The lowest BCUT2D eigenvalue weighted by Gasteiger charge is -2.27. The average molecular weight is 366 g/mol. The van der Waals surface area contributed by atoms with Crippen molar-refractivity contribution in [3.63, 3.8) is 0 Å². The van der Waals surface area contributed by atoms with Crippen LogP contribution >= 0.6 is 0 Å². The van der Waals surface area contributed by atoms with Crippen molar-refractivity contribution in [3.05, 3.63) is 71.3 Å². The van der Waals surface area contributed by atoms with Gasteiger partial charge >= 0.3 is 6.15 Å². The number of nitrogens with zero attached hydrogens (tertiary/aromatic N) is 1. The summed E-state index contributed by atoms with van der Waals surface area (Å²) in [6, 6.07) is 17.3. The zero-order valence-electron chi connectivity index (χ0n) is 15.3. The molecule has 0 spiro atoms. The van der Waals surface area contributed by atoms with Crippen molar-refractivity contribution < 1.29 is 19.2 Å². The summed E-state index contributed by atoms with van der Waals surface area (Å²) in [5.41, 5.74) is 5.71. The predicted octanol–water partition coefficient (Wildman–Crippen LogP) is 2.85. The molecule has 1 N–H and O–H groups in total. The molecule has 3 rings (SSSR count). The van der Waals surface area contributed by atoms with Gasteiger partial charge in [0.25, 0.3) is 5.91 Å². The molecule has 1 aliphatic heterocycles. The van der Waals surface area contributed by atoms with Crippen LogP contribution in [0.1, 0.15) is 47.2 Å². The third-order valence-electron chi connectivity index (χ3n) is 4.64. The summed E-state index contributed by atoms with van der Waals surface area (Å²) in [6.45, 7) is 4.10. The van der Waals surface area contributed by atoms with Crippen molar-refractivity contribution in [1.82, 2.24) is 10.4 Å². The Hall–Kier alpha value is -3.24. The van der Waals surface area contributed by atoms with Crippen molar-refractivity contribution in [1.29, 1.82) is 0 Å². The zero-order chi connectivity index (χ0) is 19.8. The number of carbonyl (C=O) groups is 2. The highest BCUT2D eigenvalue weighted by atomic mass is 16.2. The Morgan fingerprint density at radius 1 is 1.11 bits per heavy atom. The molecule has 2 aromatic rings. The first-order chi connectivity index (χ1) is 13.0. The van der Waals surface area contributed by atoms with E-state index < -0.39 is 0 Å². The first-order valence-corrected chi connectivity index (χ1v) is 8.75. The fourth-order valence-electron chi connectivity index (χ4n) is 3.32. The van der Waals surface area contributed by atoms with Crippen LogP contribution in [0.25, 0.3) is 0 Å². The minimum atomic E-state index is -0.244. The molecule has 1 fully saturated rings. The fourth-order valence-corrected chi connectivity index (χ4v) is 3.32. The molecule has 6 heteroatoms. The number of hydrogen-bond acceptors (Lipinski definition) is 4. The van der Waals surface area contributed by atoms with Gasteiger partial charge in [-0.1, -0.05) is 55.0 Å². The number of aryl methyl sites for hydroxylation is 1. The Morgan fingerprint density at radius 3 is 2.26 bits per heavy atom. The van der Waals surface area contributed by atoms with Crippen LogP contribution in [0.15, 0.2) is 54.6 Å². The molecule has 1 saturated heterocycles. The molecule has 0 radical (unpaired) electrons. The minimum absolute atomic E-state index is 0.0205. The Morgan fingerprint density at radius 2 is 1.70 bits per heavy atom. The van der Waals surface area contributed by atoms with Gasteiger partial charge < -0.3 is 0 Å². The molecule has 0 unspecified atom stereocenters. The number of rotatable bonds is 4. The molecule has 27 heavy (non-hydrogen) atoms. The van der Waals surface area contributed by atoms with E-state index in [1.807, 2.05) is 32.0 Å². The highest BCUT2D eigenvalue weighted by Gasteiger charge is 2.40. The molecular weight excluding hydrogens is 344 g/mol. The van der Waals surface area contributed by atoms with Gasteiger partial charge in [-0.05, 0) is 31.0 Å². The van der Waals surface area contributed by atoms with Crippen LogP contribution < -0.4 is 5.43 Å². The van der Waals surface area contributed by atoms with E-state index in [0.29, 0.717) is 12.0 Å². The van der Waals surface area contributed by atoms with Gasteiger partial charge in [0.2, 0.25) is 5.91 Å². The fraction of sp³-hybridized carbons (Fsp3) is 0.286. The SMILES string of the molecule is CC[C@H]1[C@H](c2ccc(C)cc2)CC(=O)N1NC(=O)c1ccccc1.O=C=O. The molecule has 6 nitrogen and oxygen atoms in total. The van der Waals surface area contributed by atoms with Gasteiger partial charge in [0.1, 0.15) is 0 Å². The lowest BCUT2D eigenvalue weighted by atomic mass is 9.90. The number of carbonyl (C=O) groups excluding carboxylic acids is 4. The van der Waals surface area contributed by atoms with Gasteiger partial charge in [-0.2, -0.15) is 9.59 Å². The van der Waals surface area contributed by atoms with E-state index in [1.165, 1.54) is 10.6 Å². The molecule has 0 aliphatic carbocycles. The maximum atomic E-state index is 12.5. The van der Waals surface area contributed by atoms with Crippen LogP contribution in [0, 0.1) is 6.92 Å². The molecule has 0 saturated carbocycles. The van der Waals surface area contributed by atoms with Gasteiger partial charge in [-0.25, -0.2) is 0 Å². The highest BCUT2D eigenvalue weighted by molar-refractivity contribution is 5.95. The second kappa shape index (κ2) is 9.46. The molecule has 140 valence electrons. The smallest absolute Gasteiger partial charge is 0.273 e. The van der Waals surface area contributed by atoms with E-state index in [1.54, 1.807) is 12.1 Å². The van der Waals surface area contributed by atoms with Crippen LogP contribution in [0.4, 0.5) is 0 Å². The zero-order valence-corrected chi connectivity index (χ0v) is 15.3. The normalized spacial score (nSPS) is 18.3. The number of hydrazine groups is 1. The molecule has 1 aliphatic rings. The predicted molar refractivity (Wildman–Crippen MR) is 98.4 cm³/mol. The summed E-state index contributed by atoms with van der Waals surface area (Å²) in [5.74, 6) is -0.164. The molecular formula is C21H22N2O4. The van der Waals surface area contributed by atoms with E-state index in [4.69, 9.17) is 9.59 Å². The second-order valence-corrected chi connectivity index (χ2v) is 6.35. The molecule has 0 bridgehead atoms. The first kappa shape index (κ1) is 20.1. The van der Waals surface area contributed by atoms with Gasteiger partial charge in [-0.15, -0.1) is 0 Å². The Bertz CT molecular complexity index is 812. The topological polar surface area (TPSA) is 83.6 Å². The lowest BCUT2D eigenvalue weighted by Crippen LogP contribution is -2.48. The molecule has 2 aromatic carbocycles. The largest absolute Gasteiger partial charge is 0.373 e. The van der Waals surface area contributed by atoms with E-state index in [0.717, 1.165) is 12.0 Å². The summed E-state index contributed by atoms with van der Waals surface area (Å²) < 4.78 is 0. The van der Waals surface area contributed by atoms with Crippen LogP contribution in [0.2, 0.25) is 0 Å². The quantitative estimate of drug-likeness (QED) is 0.902. The van der Waals surface area contributed by atoms with Crippen molar-refractivity contribution in [2.75, 3.05) is 0 Å². The molecule has 2 amide bonds. The molecule has 1 heterocycles. The maximum absolute atomic E-state index is 12.5. The van der Waals surface area contributed by atoms with Crippen molar-refractivity contribution in [2.24, 2.45) is 0 Å². The van der Waals surface area contributed by atoms with Crippen LogP contribution in [0.5, 0.6) is 0 Å². The van der Waals surface area contributed by atoms with Crippen molar-refractivity contribution >= 4 is 18.0 Å². The maximum Gasteiger partial charge on any atom is 0.373 e. The van der Waals surface area contributed by atoms with Crippen LogP contribution in [-0.4, -0.2) is 29.0 Å². The van der Waals surface area contributed by atoms with Gasteiger partial charge in [-0.3, -0.25) is 20.0 Å². The number of nitrogens with one attached hydrogen (secondary N) is 1. The van der Waals surface area contributed by atoms with Crippen molar-refractivity contribution in [3.8, 4) is 0 Å². The standard InChI is InChI=1S/C20H22N2O2.CO2/c1-3-18-17(15-11-9-14(2)10-12-15)13-19(23)22(18)21-20(24)16-7-5-4-6-8-16;2-1-3/h4-12,17-18H,3,13H2,1-2H3,(H,21,24);/t17-,18-;/m0./s1. The van der Waals surface area contributed by atoms with Gasteiger partial charge in [0.15, 0.2) is 0 Å². The highest BCUT2D eigenvalue weighted by Crippen LogP contribution is 2.35. The Balaban J connectivity index is 0.000000817. The summed E-state index contributed by atoms with van der Waals surface area (Å²) >= 11 is 0. The monoisotopic (exact) mass is 366 g/mol. The van der Waals surface area contributed by atoms with Crippen LogP contribution in [-0.2, 0) is 14.4 Å².